The van der Waals surface area contributed by atoms with Crippen molar-refractivity contribution in [2.24, 2.45) is 0 Å². The van der Waals surface area contributed by atoms with E-state index in [1.165, 1.54) is 11.1 Å². The van der Waals surface area contributed by atoms with Crippen LogP contribution in [0.15, 0.2) is 77.4 Å². The van der Waals surface area contributed by atoms with Crippen LogP contribution in [0.5, 0.6) is 0 Å². The summed E-state index contributed by atoms with van der Waals surface area (Å²) < 4.78 is 5.43. The molecule has 0 atom stereocenters. The van der Waals surface area contributed by atoms with Crippen LogP contribution in [0.1, 0.15) is 22.5 Å². The second-order valence-electron chi connectivity index (χ2n) is 6.18. The molecule has 3 heteroatoms. The monoisotopic (exact) mass is 329 g/mol. The zero-order valence-electron chi connectivity index (χ0n) is 13.9. The van der Waals surface area contributed by atoms with Crippen molar-refractivity contribution >= 4 is 17.6 Å². The van der Waals surface area contributed by atoms with Gasteiger partial charge in [0.2, 0.25) is 0 Å². The molecule has 0 saturated carbocycles. The minimum Gasteiger partial charge on any atom is -0.465 e. The third kappa shape index (κ3) is 3.26. The highest BCUT2D eigenvalue weighted by atomic mass is 16.3. The molecule has 124 valence electrons. The van der Waals surface area contributed by atoms with Crippen molar-refractivity contribution in [2.75, 3.05) is 6.54 Å². The molecule has 4 rings (SSSR count). The molecule has 0 fully saturated rings. The largest absolute Gasteiger partial charge is 0.465 e. The third-order valence-electron chi connectivity index (χ3n) is 4.56. The Labute approximate surface area is 147 Å². The summed E-state index contributed by atoms with van der Waals surface area (Å²) in [5.74, 6) is 0.724. The quantitative estimate of drug-likeness (QED) is 0.667. The van der Waals surface area contributed by atoms with Crippen LogP contribution >= 0.6 is 0 Å². The lowest BCUT2D eigenvalue weighted by Gasteiger charge is -2.29. The van der Waals surface area contributed by atoms with E-state index in [-0.39, 0.29) is 5.91 Å². The van der Waals surface area contributed by atoms with Crippen molar-refractivity contribution in [3.8, 4) is 0 Å². The first-order valence-corrected chi connectivity index (χ1v) is 8.48. The number of carbonyl (C=O) groups excluding carboxylic acids is 1. The number of hydrogen-bond donors (Lipinski definition) is 0. The lowest BCUT2D eigenvalue weighted by atomic mass is 9.97. The molecule has 3 nitrogen and oxygen atoms in total. The summed E-state index contributed by atoms with van der Waals surface area (Å²) in [4.78, 5) is 15.2. The van der Waals surface area contributed by atoms with Crippen LogP contribution in [0, 0.1) is 0 Å². The summed E-state index contributed by atoms with van der Waals surface area (Å²) >= 11 is 0. The Balaban J connectivity index is 1.67. The highest BCUT2D eigenvalue weighted by Crippen LogP contribution is 2.25. The SMILES string of the molecule is O=C(/C(=C/c1ccco1)c1ccccc1)N1CCc2ccccc2C1. The molecule has 25 heavy (non-hydrogen) atoms. The lowest BCUT2D eigenvalue weighted by molar-refractivity contribution is -0.125. The minimum absolute atomic E-state index is 0.0390. The molecule has 0 spiro atoms. The van der Waals surface area contributed by atoms with Gasteiger partial charge in [-0.2, -0.15) is 0 Å². The van der Waals surface area contributed by atoms with Crippen LogP contribution in [-0.2, 0) is 17.8 Å². The first-order chi connectivity index (χ1) is 12.3. The normalized spacial score (nSPS) is 14.2. The highest BCUT2D eigenvalue weighted by Gasteiger charge is 2.24. The molecule has 1 aliphatic heterocycles. The van der Waals surface area contributed by atoms with E-state index in [1.54, 1.807) is 6.26 Å². The predicted molar refractivity (Wildman–Crippen MR) is 98.6 cm³/mol. The van der Waals surface area contributed by atoms with Gasteiger partial charge in [0.05, 0.1) is 11.8 Å². The molecule has 2 aromatic carbocycles. The van der Waals surface area contributed by atoms with Crippen LogP contribution in [0.25, 0.3) is 11.6 Å². The van der Waals surface area contributed by atoms with Crippen LogP contribution in [-0.4, -0.2) is 17.4 Å². The Morgan fingerprint density at radius 3 is 2.44 bits per heavy atom. The fourth-order valence-corrected chi connectivity index (χ4v) is 3.24. The van der Waals surface area contributed by atoms with Gasteiger partial charge >= 0.3 is 0 Å². The number of rotatable bonds is 3. The van der Waals surface area contributed by atoms with Crippen molar-refractivity contribution in [3.05, 3.63) is 95.4 Å². The molecule has 2 heterocycles. The van der Waals surface area contributed by atoms with Gasteiger partial charge in [-0.1, -0.05) is 54.6 Å². The van der Waals surface area contributed by atoms with E-state index in [1.807, 2.05) is 59.5 Å². The predicted octanol–water partition coefficient (Wildman–Crippen LogP) is 4.41. The second kappa shape index (κ2) is 6.81. The second-order valence-corrected chi connectivity index (χ2v) is 6.18. The van der Waals surface area contributed by atoms with E-state index in [4.69, 9.17) is 4.42 Å². The van der Waals surface area contributed by atoms with Gasteiger partial charge in [-0.25, -0.2) is 0 Å². The van der Waals surface area contributed by atoms with Crippen LogP contribution in [0.2, 0.25) is 0 Å². The molecule has 0 saturated heterocycles. The van der Waals surface area contributed by atoms with Gasteiger partial charge in [-0.3, -0.25) is 4.79 Å². The van der Waals surface area contributed by atoms with E-state index in [0.717, 1.165) is 18.5 Å². The first kappa shape index (κ1) is 15.5. The van der Waals surface area contributed by atoms with Gasteiger partial charge in [0.25, 0.3) is 5.91 Å². The fourth-order valence-electron chi connectivity index (χ4n) is 3.24. The Morgan fingerprint density at radius 1 is 0.920 bits per heavy atom. The Morgan fingerprint density at radius 2 is 1.68 bits per heavy atom. The van der Waals surface area contributed by atoms with Crippen molar-refractivity contribution in [2.45, 2.75) is 13.0 Å². The maximum atomic E-state index is 13.3. The van der Waals surface area contributed by atoms with Crippen LogP contribution in [0.3, 0.4) is 0 Å². The number of amides is 1. The maximum absolute atomic E-state index is 13.3. The van der Waals surface area contributed by atoms with Crippen LogP contribution in [0.4, 0.5) is 0 Å². The molecule has 0 N–H and O–H groups in total. The zero-order chi connectivity index (χ0) is 17.1. The topological polar surface area (TPSA) is 33.5 Å². The number of benzene rings is 2. The minimum atomic E-state index is 0.0390. The highest BCUT2D eigenvalue weighted by molar-refractivity contribution is 6.24. The summed E-state index contributed by atoms with van der Waals surface area (Å²) in [6, 6.07) is 21.8. The summed E-state index contributed by atoms with van der Waals surface area (Å²) in [6.07, 6.45) is 4.35. The molecule has 1 aromatic heterocycles. The number of fused-ring (bicyclic) bond motifs is 1. The molecule has 0 bridgehead atoms. The molecule has 0 radical (unpaired) electrons. The summed E-state index contributed by atoms with van der Waals surface area (Å²) in [5, 5.41) is 0. The number of hydrogen-bond acceptors (Lipinski definition) is 2. The lowest BCUT2D eigenvalue weighted by Crippen LogP contribution is -2.36. The number of carbonyl (C=O) groups is 1. The van der Waals surface area contributed by atoms with Crippen LogP contribution < -0.4 is 0 Å². The average Bonchev–Trinajstić information content (AvgIpc) is 3.19. The van der Waals surface area contributed by atoms with Crippen molar-refractivity contribution in [1.82, 2.24) is 4.90 Å². The van der Waals surface area contributed by atoms with E-state index in [2.05, 4.69) is 18.2 Å². The fraction of sp³-hybridized carbons (Fsp3) is 0.136. The summed E-state index contributed by atoms with van der Waals surface area (Å²) in [5.41, 5.74) is 4.13. The standard InChI is InChI=1S/C22H19NO2/c24-22(23-13-12-17-7-4-5-10-19(17)16-23)21(15-20-11-6-14-25-20)18-8-2-1-3-9-18/h1-11,14-15H,12-13,16H2/b21-15+. The molecular weight excluding hydrogens is 310 g/mol. The Hall–Kier alpha value is -3.07. The smallest absolute Gasteiger partial charge is 0.254 e. The first-order valence-electron chi connectivity index (χ1n) is 8.48. The molecule has 0 unspecified atom stereocenters. The van der Waals surface area contributed by atoms with E-state index in [0.29, 0.717) is 17.9 Å². The van der Waals surface area contributed by atoms with Gasteiger partial charge < -0.3 is 9.32 Å². The van der Waals surface area contributed by atoms with E-state index < -0.39 is 0 Å². The van der Waals surface area contributed by atoms with E-state index >= 15 is 0 Å². The molecule has 1 amide bonds. The molecule has 0 aliphatic carbocycles. The summed E-state index contributed by atoms with van der Waals surface area (Å²) in [7, 11) is 0. The average molecular weight is 329 g/mol. The van der Waals surface area contributed by atoms with Crippen molar-refractivity contribution in [1.29, 1.82) is 0 Å². The maximum Gasteiger partial charge on any atom is 0.254 e. The third-order valence-corrected chi connectivity index (χ3v) is 4.56. The van der Waals surface area contributed by atoms with Gasteiger partial charge in [0, 0.05) is 13.1 Å². The molecular formula is C22H19NO2. The Kier molecular flexibility index (Phi) is 4.21. The van der Waals surface area contributed by atoms with Gasteiger partial charge in [-0.05, 0) is 41.3 Å². The van der Waals surface area contributed by atoms with Crippen molar-refractivity contribution < 1.29 is 9.21 Å². The zero-order valence-corrected chi connectivity index (χ0v) is 13.9. The van der Waals surface area contributed by atoms with E-state index in [9.17, 15) is 4.79 Å². The van der Waals surface area contributed by atoms with Crippen molar-refractivity contribution in [3.63, 3.8) is 0 Å². The molecule has 1 aliphatic rings. The van der Waals surface area contributed by atoms with Gasteiger partial charge in [0.15, 0.2) is 0 Å². The Bertz CT molecular complexity index is 895. The van der Waals surface area contributed by atoms with Gasteiger partial charge in [-0.15, -0.1) is 0 Å². The van der Waals surface area contributed by atoms with Gasteiger partial charge in [0.1, 0.15) is 5.76 Å². The number of furan rings is 1. The number of nitrogens with zero attached hydrogens (tertiary/aromatic N) is 1. The summed E-state index contributed by atoms with van der Waals surface area (Å²) in [6.45, 7) is 1.38. The molecule has 3 aromatic rings.